The van der Waals surface area contributed by atoms with E-state index in [2.05, 4.69) is 15.0 Å². The summed E-state index contributed by atoms with van der Waals surface area (Å²) in [6.45, 7) is 1.20. The fourth-order valence-electron chi connectivity index (χ4n) is 2.70. The van der Waals surface area contributed by atoms with Crippen LogP contribution in [0.3, 0.4) is 0 Å². The number of hydrogen-bond acceptors (Lipinski definition) is 9. The summed E-state index contributed by atoms with van der Waals surface area (Å²) in [5, 5.41) is 19.8. The maximum Gasteiger partial charge on any atom is 0.280 e. The Hall–Kier alpha value is -1.62. The van der Waals surface area contributed by atoms with Gasteiger partial charge in [-0.25, -0.2) is 4.98 Å². The molecule has 23 heavy (non-hydrogen) atoms. The van der Waals surface area contributed by atoms with Crippen LogP contribution in [-0.2, 0) is 9.26 Å². The number of aliphatic hydroxyl groups excluding tert-OH is 2. The molecule has 12 heteroatoms. The highest BCUT2D eigenvalue weighted by molar-refractivity contribution is 7.25. The number of imidazole rings is 1. The quantitative estimate of drug-likeness (QED) is 0.399. The molecule has 1 aliphatic rings. The van der Waals surface area contributed by atoms with E-state index in [-0.39, 0.29) is 17.1 Å². The Kier molecular flexibility index (Phi) is 4.32. The molecule has 0 bridgehead atoms. The van der Waals surface area contributed by atoms with E-state index in [1.807, 2.05) is 0 Å². The second kappa shape index (κ2) is 6.11. The summed E-state index contributed by atoms with van der Waals surface area (Å²) in [5.41, 5.74) is 5.25. The van der Waals surface area contributed by atoms with Crippen LogP contribution in [0.25, 0.3) is 11.2 Å². The van der Waals surface area contributed by atoms with E-state index in [4.69, 9.17) is 19.9 Å². The first-order valence-electron chi connectivity index (χ1n) is 6.71. The zero-order chi connectivity index (χ0) is 16.7. The summed E-state index contributed by atoms with van der Waals surface area (Å²) in [6.07, 6.45) is -3.97. The van der Waals surface area contributed by atoms with Crippen molar-refractivity contribution in [3.63, 3.8) is 0 Å². The van der Waals surface area contributed by atoms with Gasteiger partial charge in [0.2, 0.25) is 5.95 Å². The highest BCUT2D eigenvalue weighted by Gasteiger charge is 2.46. The molecule has 1 unspecified atom stereocenters. The summed E-state index contributed by atoms with van der Waals surface area (Å²) in [7, 11) is -0.870. The van der Waals surface area contributed by atoms with Crippen LogP contribution in [0, 0.1) is 6.92 Å². The minimum absolute atomic E-state index is 0.0569. The van der Waals surface area contributed by atoms with Crippen molar-refractivity contribution in [3.8, 4) is 0 Å². The van der Waals surface area contributed by atoms with Gasteiger partial charge in [-0.15, -0.1) is 0 Å². The van der Waals surface area contributed by atoms with Crippen molar-refractivity contribution in [2.75, 3.05) is 12.3 Å². The number of aliphatic hydroxyl groups is 2. The number of aryl methyl sites for hydroxylation is 1. The third kappa shape index (κ3) is 2.61. The van der Waals surface area contributed by atoms with Crippen molar-refractivity contribution < 1.29 is 24.4 Å². The number of nitrogens with two attached hydrogens (primary N) is 1. The first kappa shape index (κ1) is 16.2. The summed E-state index contributed by atoms with van der Waals surface area (Å²) < 4.78 is 12.1. The van der Waals surface area contributed by atoms with Crippen molar-refractivity contribution in [2.45, 2.75) is 31.5 Å². The molecule has 0 aliphatic carbocycles. The van der Waals surface area contributed by atoms with Crippen molar-refractivity contribution in [1.29, 1.82) is 0 Å². The zero-order valence-electron chi connectivity index (χ0n) is 12.0. The van der Waals surface area contributed by atoms with Crippen LogP contribution >= 0.6 is 9.03 Å². The fourth-order valence-corrected chi connectivity index (χ4v) is 3.11. The van der Waals surface area contributed by atoms with Gasteiger partial charge in [-0.2, -0.15) is 4.98 Å². The Morgan fingerprint density at radius 3 is 2.91 bits per heavy atom. The maximum atomic E-state index is 11.9. The summed E-state index contributed by atoms with van der Waals surface area (Å²) in [4.78, 5) is 31.3. The van der Waals surface area contributed by atoms with Crippen molar-refractivity contribution in [3.05, 3.63) is 16.2 Å². The molecule has 11 nitrogen and oxygen atoms in total. The number of fused-ring (bicyclic) bond motifs is 1. The van der Waals surface area contributed by atoms with E-state index in [1.54, 1.807) is 6.92 Å². The molecule has 0 radical (unpaired) electrons. The fraction of sp³-hybridized carbons (Fsp3) is 0.545. The van der Waals surface area contributed by atoms with Gasteiger partial charge in [-0.3, -0.25) is 14.3 Å². The Bertz CT molecular complexity index is 778. The molecule has 2 aromatic heterocycles. The van der Waals surface area contributed by atoms with E-state index in [1.165, 1.54) is 4.57 Å². The number of rotatable bonds is 4. The molecule has 1 fully saturated rings. The molecular weight excluding hydrogens is 329 g/mol. The van der Waals surface area contributed by atoms with E-state index >= 15 is 0 Å². The number of hydrogen-bond donors (Lipinski definition) is 5. The van der Waals surface area contributed by atoms with Crippen LogP contribution in [0.4, 0.5) is 5.95 Å². The zero-order valence-corrected chi connectivity index (χ0v) is 13.0. The average molecular weight is 345 g/mol. The standard InChI is InChI=1S/C11H16N5O6P/c1-3-13-5-8(14-11(12)15-9(5)19)16(3)10-6(18)7(22-23-20)4(2-17)21-10/h4,6-7,10,17-18,20,23H,2H2,1H3,(H3,12,14,15,19)/t4-,6-,7-,10-/m1/s1. The lowest BCUT2D eigenvalue weighted by atomic mass is 10.1. The lowest BCUT2D eigenvalue weighted by molar-refractivity contribution is -0.0511. The van der Waals surface area contributed by atoms with Crippen LogP contribution in [0.5, 0.6) is 0 Å². The highest BCUT2D eigenvalue weighted by Crippen LogP contribution is 2.35. The minimum atomic E-state index is -1.20. The monoisotopic (exact) mass is 345 g/mol. The summed E-state index contributed by atoms with van der Waals surface area (Å²) >= 11 is 0. The van der Waals surface area contributed by atoms with Gasteiger partial charge in [0.1, 0.15) is 24.1 Å². The van der Waals surface area contributed by atoms with Gasteiger partial charge >= 0.3 is 0 Å². The Morgan fingerprint density at radius 1 is 1.52 bits per heavy atom. The molecule has 1 aliphatic heterocycles. The van der Waals surface area contributed by atoms with Crippen LogP contribution in [0.2, 0.25) is 0 Å². The molecule has 5 atom stereocenters. The van der Waals surface area contributed by atoms with Gasteiger partial charge in [0.25, 0.3) is 5.56 Å². The van der Waals surface area contributed by atoms with Crippen molar-refractivity contribution in [1.82, 2.24) is 19.5 Å². The van der Waals surface area contributed by atoms with E-state index in [0.717, 1.165) is 0 Å². The molecule has 1 saturated heterocycles. The van der Waals surface area contributed by atoms with Crippen LogP contribution in [0.1, 0.15) is 12.1 Å². The number of nitrogen functional groups attached to an aromatic ring is 1. The molecule has 2 aromatic rings. The van der Waals surface area contributed by atoms with Gasteiger partial charge in [0.05, 0.1) is 6.61 Å². The van der Waals surface area contributed by atoms with Crippen molar-refractivity contribution >= 4 is 26.1 Å². The van der Waals surface area contributed by atoms with Crippen LogP contribution in [-0.4, -0.2) is 59.5 Å². The summed E-state index contributed by atoms with van der Waals surface area (Å²) in [6, 6.07) is 0. The second-order valence-corrected chi connectivity index (χ2v) is 5.48. The average Bonchev–Trinajstić information content (AvgIpc) is 2.98. The predicted molar refractivity (Wildman–Crippen MR) is 79.7 cm³/mol. The molecule has 0 aromatic carbocycles. The van der Waals surface area contributed by atoms with Gasteiger partial charge < -0.3 is 30.1 Å². The molecule has 0 spiro atoms. The van der Waals surface area contributed by atoms with Crippen molar-refractivity contribution in [2.24, 2.45) is 0 Å². The molecule has 3 rings (SSSR count). The lowest BCUT2D eigenvalue weighted by Gasteiger charge is -2.19. The molecule has 6 N–H and O–H groups in total. The number of anilines is 1. The molecule has 126 valence electrons. The number of ether oxygens (including phenoxy) is 1. The number of nitrogens with zero attached hydrogens (tertiary/aromatic N) is 3. The molecular formula is C11H16N5O6P. The predicted octanol–water partition coefficient (Wildman–Crippen LogP) is -1.85. The third-order valence-corrected chi connectivity index (χ3v) is 4.06. The van der Waals surface area contributed by atoms with E-state index < -0.39 is 45.7 Å². The van der Waals surface area contributed by atoms with Crippen LogP contribution < -0.4 is 11.3 Å². The first-order valence-corrected chi connectivity index (χ1v) is 7.57. The van der Waals surface area contributed by atoms with Gasteiger partial charge in [-0.1, -0.05) is 0 Å². The first-order chi connectivity index (χ1) is 11.0. The third-order valence-electron chi connectivity index (χ3n) is 3.68. The molecule has 0 amide bonds. The lowest BCUT2D eigenvalue weighted by Crippen LogP contribution is -2.34. The summed E-state index contributed by atoms with van der Waals surface area (Å²) in [5.74, 6) is 0.274. The highest BCUT2D eigenvalue weighted by atomic mass is 31.1. The van der Waals surface area contributed by atoms with Crippen LogP contribution in [0.15, 0.2) is 4.79 Å². The normalized spacial score (nSPS) is 28.3. The number of H-pyrrole nitrogens is 1. The number of aromatic nitrogens is 4. The van der Waals surface area contributed by atoms with E-state index in [0.29, 0.717) is 5.82 Å². The number of nitrogens with one attached hydrogen (secondary N) is 1. The SMILES string of the molecule is Cc1nc2c(=O)[nH]c(N)nc2n1[C@@H]1O[C@H](CO)[C@@H](OPO)[C@H]1O. The Labute approximate surface area is 131 Å². The minimum Gasteiger partial charge on any atom is -0.394 e. The molecule has 0 saturated carbocycles. The second-order valence-electron chi connectivity index (χ2n) is 5.06. The van der Waals surface area contributed by atoms with E-state index in [9.17, 15) is 15.0 Å². The van der Waals surface area contributed by atoms with Gasteiger partial charge in [0, 0.05) is 0 Å². The van der Waals surface area contributed by atoms with Gasteiger partial charge in [-0.05, 0) is 6.92 Å². The smallest absolute Gasteiger partial charge is 0.280 e. The number of aromatic amines is 1. The van der Waals surface area contributed by atoms with Gasteiger partial charge in [0.15, 0.2) is 26.4 Å². The molecule has 3 heterocycles. The Morgan fingerprint density at radius 2 is 2.26 bits per heavy atom. The maximum absolute atomic E-state index is 11.9. The topological polar surface area (TPSA) is 169 Å². The Balaban J connectivity index is 2.10. The largest absolute Gasteiger partial charge is 0.394 e.